The summed E-state index contributed by atoms with van der Waals surface area (Å²) in [5.41, 5.74) is 2.79. The molecule has 3 aromatic carbocycles. The highest BCUT2D eigenvalue weighted by molar-refractivity contribution is 5.23. The zero-order valence-corrected chi connectivity index (χ0v) is 15.6. The molecule has 0 saturated heterocycles. The molecule has 1 saturated carbocycles. The highest BCUT2D eigenvalue weighted by atomic mass is 16.5. The predicted molar refractivity (Wildman–Crippen MR) is 111 cm³/mol. The molecule has 2 heteroatoms. The maximum absolute atomic E-state index is 6.12. The summed E-state index contributed by atoms with van der Waals surface area (Å²) >= 11 is 0. The van der Waals surface area contributed by atoms with Crippen LogP contribution in [-0.2, 0) is 6.54 Å². The maximum Gasteiger partial charge on any atom is 0.119 e. The molecule has 0 unspecified atom stereocenters. The van der Waals surface area contributed by atoms with Gasteiger partial charge in [-0.15, -0.1) is 0 Å². The number of para-hydroxylation sites is 1. The van der Waals surface area contributed by atoms with E-state index >= 15 is 0 Å². The molecular formula is C25H27NO. The van der Waals surface area contributed by atoms with Crippen molar-refractivity contribution in [3.8, 4) is 5.75 Å². The minimum absolute atomic E-state index is 0.471. The van der Waals surface area contributed by atoms with Crippen LogP contribution in [0.15, 0.2) is 91.0 Å². The van der Waals surface area contributed by atoms with Gasteiger partial charge in [-0.2, -0.15) is 0 Å². The fourth-order valence-corrected chi connectivity index (χ4v) is 4.12. The van der Waals surface area contributed by atoms with Crippen molar-refractivity contribution in [2.75, 3.05) is 6.61 Å². The summed E-state index contributed by atoms with van der Waals surface area (Å²) in [6.45, 7) is 1.68. The number of ether oxygens (including phenoxy) is 1. The van der Waals surface area contributed by atoms with Gasteiger partial charge in [0.2, 0.25) is 0 Å². The Kier molecular flexibility index (Phi) is 5.86. The van der Waals surface area contributed by atoms with E-state index in [-0.39, 0.29) is 0 Å². The first-order chi connectivity index (χ1) is 13.4. The van der Waals surface area contributed by atoms with Crippen LogP contribution in [-0.4, -0.2) is 12.6 Å². The Labute approximate surface area is 162 Å². The van der Waals surface area contributed by atoms with Crippen LogP contribution in [0.25, 0.3) is 0 Å². The van der Waals surface area contributed by atoms with Crippen molar-refractivity contribution >= 4 is 0 Å². The van der Waals surface area contributed by atoms with Gasteiger partial charge in [0, 0.05) is 18.5 Å². The van der Waals surface area contributed by atoms with Crippen molar-refractivity contribution in [1.82, 2.24) is 5.32 Å². The monoisotopic (exact) mass is 357 g/mol. The molecule has 0 aliphatic heterocycles. The van der Waals surface area contributed by atoms with Crippen LogP contribution in [0, 0.1) is 5.92 Å². The van der Waals surface area contributed by atoms with E-state index in [2.05, 4.69) is 66.0 Å². The van der Waals surface area contributed by atoms with Crippen molar-refractivity contribution in [1.29, 1.82) is 0 Å². The third kappa shape index (κ3) is 4.78. The van der Waals surface area contributed by atoms with Gasteiger partial charge in [-0.25, -0.2) is 0 Å². The quantitative estimate of drug-likeness (QED) is 0.610. The maximum atomic E-state index is 6.12. The minimum Gasteiger partial charge on any atom is -0.493 e. The lowest BCUT2D eigenvalue weighted by atomic mass is 9.97. The number of rotatable bonds is 7. The molecule has 138 valence electrons. The van der Waals surface area contributed by atoms with Crippen molar-refractivity contribution in [3.63, 3.8) is 0 Å². The molecule has 27 heavy (non-hydrogen) atoms. The van der Waals surface area contributed by atoms with Gasteiger partial charge in [-0.1, -0.05) is 78.9 Å². The van der Waals surface area contributed by atoms with Crippen LogP contribution in [0.3, 0.4) is 0 Å². The van der Waals surface area contributed by atoms with Crippen molar-refractivity contribution in [2.24, 2.45) is 5.92 Å². The van der Waals surface area contributed by atoms with Gasteiger partial charge in [0.15, 0.2) is 0 Å². The number of benzene rings is 3. The van der Waals surface area contributed by atoms with Crippen molar-refractivity contribution in [2.45, 2.75) is 31.3 Å². The van der Waals surface area contributed by atoms with E-state index in [9.17, 15) is 0 Å². The summed E-state index contributed by atoms with van der Waals surface area (Å²) in [5.74, 6) is 2.07. The molecule has 0 bridgehead atoms. The average molecular weight is 357 g/mol. The Morgan fingerprint density at radius 2 is 1.37 bits per heavy atom. The Balaban J connectivity index is 1.43. The summed E-state index contributed by atoms with van der Waals surface area (Å²) in [7, 11) is 0. The van der Waals surface area contributed by atoms with Crippen molar-refractivity contribution in [3.05, 3.63) is 102 Å². The Morgan fingerprint density at radius 1 is 0.741 bits per heavy atom. The second kappa shape index (κ2) is 8.88. The second-order valence-corrected chi connectivity index (χ2v) is 7.44. The standard InChI is InChI=1S/C25H27NO/c1-4-10-20(11-5-1)18-26-25-17-22(21-12-6-2-7-13-21)16-23(25)19-27-24-14-8-3-9-15-24/h1-15,22-23,25-26H,16-19H2/t22-,23-,25-/m1/s1. The molecule has 1 aliphatic carbocycles. The van der Waals surface area contributed by atoms with Gasteiger partial charge in [0.05, 0.1) is 6.61 Å². The van der Waals surface area contributed by atoms with E-state index < -0.39 is 0 Å². The Hall–Kier alpha value is -2.58. The fourth-order valence-electron chi connectivity index (χ4n) is 4.12. The SMILES string of the molecule is c1ccc(CN[C@@H]2C[C@H](c3ccccc3)C[C@@H]2COc2ccccc2)cc1. The van der Waals surface area contributed by atoms with E-state index in [1.54, 1.807) is 0 Å². The van der Waals surface area contributed by atoms with Gasteiger partial charge >= 0.3 is 0 Å². The van der Waals surface area contributed by atoms with E-state index in [1.807, 2.05) is 30.3 Å². The molecular weight excluding hydrogens is 330 g/mol. The van der Waals surface area contributed by atoms with Crippen LogP contribution in [0.4, 0.5) is 0 Å². The summed E-state index contributed by atoms with van der Waals surface area (Å²) in [6, 6.07) is 32.2. The normalized spacial score (nSPS) is 21.9. The summed E-state index contributed by atoms with van der Waals surface area (Å²) < 4.78 is 6.12. The zero-order chi connectivity index (χ0) is 18.3. The van der Waals surface area contributed by atoms with Crippen LogP contribution >= 0.6 is 0 Å². The van der Waals surface area contributed by atoms with Gasteiger partial charge in [-0.05, 0) is 42.0 Å². The lowest BCUT2D eigenvalue weighted by Gasteiger charge is -2.21. The van der Waals surface area contributed by atoms with Crippen molar-refractivity contribution < 1.29 is 4.74 Å². The lowest BCUT2D eigenvalue weighted by Crippen LogP contribution is -2.34. The molecule has 0 radical (unpaired) electrons. The van der Waals surface area contributed by atoms with Gasteiger partial charge in [0.25, 0.3) is 0 Å². The summed E-state index contributed by atoms with van der Waals surface area (Å²) in [5, 5.41) is 3.80. The molecule has 1 fully saturated rings. The minimum atomic E-state index is 0.471. The van der Waals surface area contributed by atoms with Gasteiger partial charge < -0.3 is 10.1 Å². The molecule has 0 aromatic heterocycles. The van der Waals surface area contributed by atoms with Gasteiger partial charge in [-0.3, -0.25) is 0 Å². The average Bonchev–Trinajstić information content (AvgIpc) is 3.16. The number of hydrogen-bond acceptors (Lipinski definition) is 2. The van der Waals surface area contributed by atoms with Crippen LogP contribution in [0.2, 0.25) is 0 Å². The molecule has 0 spiro atoms. The van der Waals surface area contributed by atoms with E-state index in [0.29, 0.717) is 17.9 Å². The third-order valence-electron chi connectivity index (χ3n) is 5.58. The summed E-state index contributed by atoms with van der Waals surface area (Å²) in [4.78, 5) is 0. The molecule has 0 heterocycles. The first-order valence-electron chi connectivity index (χ1n) is 9.88. The molecule has 1 N–H and O–H groups in total. The fraction of sp³-hybridized carbons (Fsp3) is 0.280. The highest BCUT2D eigenvalue weighted by Crippen LogP contribution is 2.39. The second-order valence-electron chi connectivity index (χ2n) is 7.44. The number of hydrogen-bond donors (Lipinski definition) is 1. The van der Waals surface area contributed by atoms with Crippen LogP contribution < -0.4 is 10.1 Å². The number of nitrogens with one attached hydrogen (secondary N) is 1. The molecule has 0 amide bonds. The summed E-state index contributed by atoms with van der Waals surface area (Å²) in [6.07, 6.45) is 2.34. The van der Waals surface area contributed by atoms with E-state index in [1.165, 1.54) is 24.0 Å². The Morgan fingerprint density at radius 3 is 2.07 bits per heavy atom. The predicted octanol–water partition coefficient (Wildman–Crippen LogP) is 5.42. The molecule has 1 aliphatic rings. The molecule has 3 aromatic rings. The topological polar surface area (TPSA) is 21.3 Å². The molecule has 4 rings (SSSR count). The van der Waals surface area contributed by atoms with Crippen LogP contribution in [0.1, 0.15) is 29.9 Å². The zero-order valence-electron chi connectivity index (χ0n) is 15.6. The first kappa shape index (κ1) is 17.8. The van der Waals surface area contributed by atoms with Gasteiger partial charge in [0.1, 0.15) is 5.75 Å². The molecule has 3 atom stereocenters. The Bertz CT molecular complexity index is 752. The largest absolute Gasteiger partial charge is 0.493 e. The third-order valence-corrected chi connectivity index (χ3v) is 5.58. The lowest BCUT2D eigenvalue weighted by molar-refractivity contribution is 0.224. The van der Waals surface area contributed by atoms with Crippen LogP contribution in [0.5, 0.6) is 5.75 Å². The van der Waals surface area contributed by atoms with E-state index in [4.69, 9.17) is 4.74 Å². The van der Waals surface area contributed by atoms with E-state index in [0.717, 1.165) is 18.9 Å². The smallest absolute Gasteiger partial charge is 0.119 e. The first-order valence-corrected chi connectivity index (χ1v) is 9.88. The molecule has 2 nitrogen and oxygen atoms in total. The highest BCUT2D eigenvalue weighted by Gasteiger charge is 2.35.